The molecule has 1 aromatic carbocycles. The van der Waals surface area contributed by atoms with Crippen molar-refractivity contribution in [2.45, 2.75) is 26.7 Å². The number of carbonyl (C=O) groups is 1. The van der Waals surface area contributed by atoms with E-state index in [2.05, 4.69) is 22.2 Å². The molecule has 0 bridgehead atoms. The van der Waals surface area contributed by atoms with E-state index in [9.17, 15) is 4.79 Å². The SMILES string of the molecule is CCCCNc1cc(C(=O)N(CC)c2ccccc2)ncn1. The molecule has 22 heavy (non-hydrogen) atoms. The molecule has 1 aromatic heterocycles. The number of hydrogen-bond donors (Lipinski definition) is 1. The summed E-state index contributed by atoms with van der Waals surface area (Å²) in [5.74, 6) is 0.575. The normalized spacial score (nSPS) is 10.3. The van der Waals surface area contributed by atoms with Crippen molar-refractivity contribution < 1.29 is 4.79 Å². The van der Waals surface area contributed by atoms with E-state index in [1.807, 2.05) is 37.3 Å². The van der Waals surface area contributed by atoms with Crippen molar-refractivity contribution in [1.29, 1.82) is 0 Å². The highest BCUT2D eigenvalue weighted by atomic mass is 16.2. The Labute approximate surface area is 131 Å². The monoisotopic (exact) mass is 298 g/mol. The first-order valence-corrected chi connectivity index (χ1v) is 7.69. The zero-order valence-electron chi connectivity index (χ0n) is 13.1. The fraction of sp³-hybridized carbons (Fsp3) is 0.353. The largest absolute Gasteiger partial charge is 0.370 e. The minimum absolute atomic E-state index is 0.116. The van der Waals surface area contributed by atoms with Crippen LogP contribution >= 0.6 is 0 Å². The van der Waals surface area contributed by atoms with Crippen molar-refractivity contribution in [2.75, 3.05) is 23.3 Å². The maximum atomic E-state index is 12.7. The fourth-order valence-electron chi connectivity index (χ4n) is 2.15. The third-order valence-electron chi connectivity index (χ3n) is 3.35. The van der Waals surface area contributed by atoms with Crippen LogP contribution in [0.1, 0.15) is 37.2 Å². The minimum atomic E-state index is -0.116. The molecule has 0 saturated carbocycles. The van der Waals surface area contributed by atoms with Gasteiger partial charge in [0.25, 0.3) is 5.91 Å². The summed E-state index contributed by atoms with van der Waals surface area (Å²) in [7, 11) is 0. The molecule has 1 amide bonds. The predicted molar refractivity (Wildman–Crippen MR) is 89.2 cm³/mol. The Morgan fingerprint density at radius 1 is 1.18 bits per heavy atom. The molecule has 0 spiro atoms. The Hall–Kier alpha value is -2.43. The molecule has 0 saturated heterocycles. The number of unbranched alkanes of at least 4 members (excludes halogenated alkanes) is 1. The number of hydrogen-bond acceptors (Lipinski definition) is 4. The molecule has 1 N–H and O–H groups in total. The van der Waals surface area contributed by atoms with Gasteiger partial charge in [-0.1, -0.05) is 31.5 Å². The van der Waals surface area contributed by atoms with E-state index < -0.39 is 0 Å². The molecular weight excluding hydrogens is 276 g/mol. The van der Waals surface area contributed by atoms with E-state index in [1.54, 1.807) is 11.0 Å². The summed E-state index contributed by atoms with van der Waals surface area (Å²) in [5.41, 5.74) is 1.27. The Morgan fingerprint density at radius 3 is 2.64 bits per heavy atom. The lowest BCUT2D eigenvalue weighted by Gasteiger charge is -2.20. The number of amides is 1. The molecule has 0 radical (unpaired) electrons. The van der Waals surface area contributed by atoms with Crippen LogP contribution in [0, 0.1) is 0 Å². The second-order valence-electron chi connectivity index (χ2n) is 4.95. The third kappa shape index (κ3) is 4.04. The van der Waals surface area contributed by atoms with Gasteiger partial charge in [-0.2, -0.15) is 0 Å². The standard InChI is InChI=1S/C17H22N4O/c1-3-5-11-18-16-12-15(19-13-20-16)17(22)21(4-2)14-9-7-6-8-10-14/h6-10,12-13H,3-5,11H2,1-2H3,(H,18,19,20). The van der Waals surface area contributed by atoms with E-state index in [0.29, 0.717) is 18.1 Å². The van der Waals surface area contributed by atoms with Crippen LogP contribution < -0.4 is 10.2 Å². The van der Waals surface area contributed by atoms with Gasteiger partial charge in [0.1, 0.15) is 17.8 Å². The number of aromatic nitrogens is 2. The number of anilines is 2. The third-order valence-corrected chi connectivity index (χ3v) is 3.35. The molecule has 1 heterocycles. The maximum absolute atomic E-state index is 12.7. The number of benzene rings is 1. The van der Waals surface area contributed by atoms with Crippen LogP contribution in [0.2, 0.25) is 0 Å². The summed E-state index contributed by atoms with van der Waals surface area (Å²) in [5, 5.41) is 3.22. The van der Waals surface area contributed by atoms with Crippen molar-refractivity contribution in [1.82, 2.24) is 9.97 Å². The molecule has 2 rings (SSSR count). The van der Waals surface area contributed by atoms with Crippen LogP contribution in [0.15, 0.2) is 42.7 Å². The Morgan fingerprint density at radius 2 is 1.95 bits per heavy atom. The Kier molecular flexibility index (Phi) is 5.89. The summed E-state index contributed by atoms with van der Waals surface area (Å²) in [6.45, 7) is 5.52. The average Bonchev–Trinajstić information content (AvgIpc) is 2.57. The van der Waals surface area contributed by atoms with Gasteiger partial charge in [0.2, 0.25) is 0 Å². The van der Waals surface area contributed by atoms with Crippen molar-refractivity contribution in [3.05, 3.63) is 48.4 Å². The summed E-state index contributed by atoms with van der Waals surface area (Å²) in [6.07, 6.45) is 3.61. The Bertz CT molecular complexity index is 601. The fourth-order valence-corrected chi connectivity index (χ4v) is 2.15. The van der Waals surface area contributed by atoms with E-state index in [4.69, 9.17) is 0 Å². The molecule has 0 aliphatic heterocycles. The number of rotatable bonds is 7. The van der Waals surface area contributed by atoms with Gasteiger partial charge < -0.3 is 10.2 Å². The summed E-state index contributed by atoms with van der Waals surface area (Å²) in [4.78, 5) is 22.7. The zero-order valence-corrected chi connectivity index (χ0v) is 13.1. The minimum Gasteiger partial charge on any atom is -0.370 e. The lowest BCUT2D eigenvalue weighted by atomic mass is 10.2. The number of para-hydroxylation sites is 1. The van der Waals surface area contributed by atoms with E-state index in [-0.39, 0.29) is 5.91 Å². The van der Waals surface area contributed by atoms with Gasteiger partial charge in [0.05, 0.1) is 0 Å². The lowest BCUT2D eigenvalue weighted by molar-refractivity contribution is 0.0983. The van der Waals surface area contributed by atoms with Gasteiger partial charge >= 0.3 is 0 Å². The molecule has 0 fully saturated rings. The molecule has 5 heteroatoms. The van der Waals surface area contributed by atoms with Gasteiger partial charge in [0.15, 0.2) is 0 Å². The van der Waals surface area contributed by atoms with Crippen LogP contribution in [0.25, 0.3) is 0 Å². The quantitative estimate of drug-likeness (QED) is 0.796. The van der Waals surface area contributed by atoms with Crippen LogP contribution in [-0.2, 0) is 0 Å². The molecule has 0 unspecified atom stereocenters. The number of carbonyl (C=O) groups excluding carboxylic acids is 1. The van der Waals surface area contributed by atoms with Crippen LogP contribution in [0.4, 0.5) is 11.5 Å². The van der Waals surface area contributed by atoms with Crippen molar-refractivity contribution in [3.63, 3.8) is 0 Å². The lowest BCUT2D eigenvalue weighted by Crippen LogP contribution is -2.31. The highest BCUT2D eigenvalue weighted by Crippen LogP contribution is 2.16. The highest BCUT2D eigenvalue weighted by molar-refractivity contribution is 6.05. The number of nitrogens with one attached hydrogen (secondary N) is 1. The molecule has 0 atom stereocenters. The van der Waals surface area contributed by atoms with Crippen molar-refractivity contribution in [3.8, 4) is 0 Å². The van der Waals surface area contributed by atoms with Crippen LogP contribution in [-0.4, -0.2) is 29.0 Å². The zero-order chi connectivity index (χ0) is 15.8. The maximum Gasteiger partial charge on any atom is 0.277 e. The molecule has 2 aromatic rings. The topological polar surface area (TPSA) is 58.1 Å². The summed E-state index contributed by atoms with van der Waals surface area (Å²) < 4.78 is 0. The smallest absolute Gasteiger partial charge is 0.277 e. The number of nitrogens with zero attached hydrogens (tertiary/aromatic N) is 3. The summed E-state index contributed by atoms with van der Waals surface area (Å²) in [6, 6.07) is 11.3. The van der Waals surface area contributed by atoms with Gasteiger partial charge in [0, 0.05) is 24.8 Å². The van der Waals surface area contributed by atoms with Crippen molar-refractivity contribution >= 4 is 17.4 Å². The Balaban J connectivity index is 2.15. The summed E-state index contributed by atoms with van der Waals surface area (Å²) >= 11 is 0. The highest BCUT2D eigenvalue weighted by Gasteiger charge is 2.17. The van der Waals surface area contributed by atoms with Gasteiger partial charge in [-0.25, -0.2) is 9.97 Å². The molecule has 0 aliphatic rings. The van der Waals surface area contributed by atoms with Gasteiger partial charge in [-0.3, -0.25) is 4.79 Å². The average molecular weight is 298 g/mol. The second-order valence-corrected chi connectivity index (χ2v) is 4.95. The predicted octanol–water partition coefficient (Wildman–Crippen LogP) is 3.36. The van der Waals surface area contributed by atoms with E-state index >= 15 is 0 Å². The first kappa shape index (κ1) is 15.9. The van der Waals surface area contributed by atoms with E-state index in [1.165, 1.54) is 6.33 Å². The second kappa shape index (κ2) is 8.12. The first-order chi connectivity index (χ1) is 10.8. The van der Waals surface area contributed by atoms with Crippen LogP contribution in [0.5, 0.6) is 0 Å². The van der Waals surface area contributed by atoms with Gasteiger partial charge in [-0.15, -0.1) is 0 Å². The van der Waals surface area contributed by atoms with Crippen LogP contribution in [0.3, 0.4) is 0 Å². The molecule has 5 nitrogen and oxygen atoms in total. The first-order valence-electron chi connectivity index (χ1n) is 7.69. The molecule has 116 valence electrons. The van der Waals surface area contributed by atoms with E-state index in [0.717, 1.165) is 25.1 Å². The van der Waals surface area contributed by atoms with Crippen molar-refractivity contribution in [2.24, 2.45) is 0 Å². The molecular formula is C17H22N4O. The van der Waals surface area contributed by atoms with Gasteiger partial charge in [-0.05, 0) is 25.5 Å². The molecule has 0 aliphatic carbocycles.